The number of anilines is 1. The first-order valence-electron chi connectivity index (χ1n) is 8.10. The molecule has 0 saturated heterocycles. The van der Waals surface area contributed by atoms with Gasteiger partial charge in [-0.3, -0.25) is 0 Å². The van der Waals surface area contributed by atoms with Crippen LogP contribution < -0.4 is 4.90 Å². The number of hydrogen-bond acceptors (Lipinski definition) is 2. The quantitative estimate of drug-likeness (QED) is 0.616. The van der Waals surface area contributed by atoms with E-state index in [1.165, 1.54) is 25.7 Å². The number of phenols is 1. The first-order chi connectivity index (χ1) is 10.2. The Labute approximate surface area is 129 Å². The lowest BCUT2D eigenvalue weighted by Crippen LogP contribution is -2.25. The second-order valence-corrected chi connectivity index (χ2v) is 5.32. The Morgan fingerprint density at radius 2 is 1.71 bits per heavy atom. The lowest BCUT2D eigenvalue weighted by atomic mass is 10.1. The molecule has 1 aromatic carbocycles. The molecule has 0 radical (unpaired) electrons. The summed E-state index contributed by atoms with van der Waals surface area (Å²) in [6.07, 6.45) is 12.6. The summed E-state index contributed by atoms with van der Waals surface area (Å²) in [4.78, 5) is 2.38. The van der Waals surface area contributed by atoms with Gasteiger partial charge in [-0.2, -0.15) is 0 Å². The van der Waals surface area contributed by atoms with E-state index in [2.05, 4.69) is 24.8 Å². The molecule has 0 saturated carbocycles. The predicted molar refractivity (Wildman–Crippen MR) is 94.0 cm³/mol. The van der Waals surface area contributed by atoms with Crippen molar-refractivity contribution in [3.8, 4) is 5.75 Å². The van der Waals surface area contributed by atoms with E-state index in [1.54, 1.807) is 0 Å². The molecule has 0 spiro atoms. The second-order valence-electron chi connectivity index (χ2n) is 5.32. The van der Waals surface area contributed by atoms with Gasteiger partial charge in [0.25, 0.3) is 0 Å². The van der Waals surface area contributed by atoms with E-state index >= 15 is 0 Å². The van der Waals surface area contributed by atoms with Crippen molar-refractivity contribution in [1.29, 1.82) is 0 Å². The van der Waals surface area contributed by atoms with E-state index in [0.29, 0.717) is 5.75 Å². The molecule has 2 nitrogen and oxygen atoms in total. The van der Waals surface area contributed by atoms with Crippen molar-refractivity contribution in [1.82, 2.24) is 0 Å². The van der Waals surface area contributed by atoms with Crippen LogP contribution in [-0.4, -0.2) is 18.2 Å². The molecule has 0 fully saturated rings. The van der Waals surface area contributed by atoms with Gasteiger partial charge in [0.15, 0.2) is 0 Å². The molecule has 116 valence electrons. The molecule has 1 rings (SSSR count). The number of allylic oxidation sites excluding steroid dienone is 3. The molecule has 0 unspecified atom stereocenters. The van der Waals surface area contributed by atoms with Gasteiger partial charge < -0.3 is 10.0 Å². The molecule has 21 heavy (non-hydrogen) atoms. The molecule has 1 N–H and O–H groups in total. The molecular weight excluding hydrogens is 258 g/mol. The number of aromatic hydroxyl groups is 1. The van der Waals surface area contributed by atoms with Crippen LogP contribution in [0.15, 0.2) is 36.4 Å². The first-order valence-corrected chi connectivity index (χ1v) is 8.10. The van der Waals surface area contributed by atoms with E-state index in [4.69, 9.17) is 0 Å². The minimum absolute atomic E-state index is 0.353. The van der Waals surface area contributed by atoms with Crippen LogP contribution in [0.2, 0.25) is 0 Å². The molecule has 0 aromatic heterocycles. The molecule has 0 heterocycles. The smallest absolute Gasteiger partial charge is 0.124 e. The average Bonchev–Trinajstić information content (AvgIpc) is 2.49. The zero-order chi connectivity index (χ0) is 15.5. The molecule has 0 atom stereocenters. The largest absolute Gasteiger partial charge is 0.507 e. The summed E-state index contributed by atoms with van der Waals surface area (Å²) in [5.74, 6) is 0.353. The van der Waals surface area contributed by atoms with Crippen LogP contribution in [0, 0.1) is 0 Å². The number of rotatable bonds is 9. The van der Waals surface area contributed by atoms with Crippen LogP contribution in [0.4, 0.5) is 5.69 Å². The van der Waals surface area contributed by atoms with Gasteiger partial charge in [-0.05, 0) is 31.9 Å². The molecule has 0 bridgehead atoms. The highest BCUT2D eigenvalue weighted by Crippen LogP contribution is 2.26. The SMILES string of the molecule is C/C=C/C=C/c1ccc(N(CCCC)CCCC)cc1O. The summed E-state index contributed by atoms with van der Waals surface area (Å²) < 4.78 is 0. The van der Waals surface area contributed by atoms with Crippen LogP contribution in [0.3, 0.4) is 0 Å². The lowest BCUT2D eigenvalue weighted by molar-refractivity contribution is 0.474. The summed E-state index contributed by atoms with van der Waals surface area (Å²) >= 11 is 0. The Bertz CT molecular complexity index is 455. The standard InChI is InChI=1S/C19H29NO/c1-4-7-10-11-17-12-13-18(16-19(17)21)20(14-8-5-2)15-9-6-3/h4,7,10-13,16,21H,5-6,8-9,14-15H2,1-3H3/b7-4+,11-10+. The number of hydrogen-bond donors (Lipinski definition) is 1. The van der Waals surface area contributed by atoms with Crippen molar-refractivity contribution in [2.45, 2.75) is 46.5 Å². The summed E-state index contributed by atoms with van der Waals surface area (Å²) in [6.45, 7) is 8.52. The molecule has 1 aromatic rings. The van der Waals surface area contributed by atoms with Gasteiger partial charge in [-0.1, -0.05) is 51.0 Å². The molecule has 0 amide bonds. The second kappa shape index (κ2) is 10.1. The third-order valence-electron chi connectivity index (χ3n) is 3.52. The molecular formula is C19H29NO. The third kappa shape index (κ3) is 6.07. The van der Waals surface area contributed by atoms with Gasteiger partial charge in [-0.15, -0.1) is 0 Å². The van der Waals surface area contributed by atoms with Crippen molar-refractivity contribution >= 4 is 11.8 Å². The van der Waals surface area contributed by atoms with E-state index in [1.807, 2.05) is 43.4 Å². The number of phenolic OH excluding ortho intramolecular Hbond substituents is 1. The number of benzene rings is 1. The molecule has 0 aliphatic rings. The zero-order valence-corrected chi connectivity index (χ0v) is 13.7. The van der Waals surface area contributed by atoms with Gasteiger partial charge in [0.05, 0.1) is 0 Å². The van der Waals surface area contributed by atoms with Crippen LogP contribution in [0.5, 0.6) is 5.75 Å². The highest BCUT2D eigenvalue weighted by Gasteiger charge is 2.08. The average molecular weight is 287 g/mol. The highest BCUT2D eigenvalue weighted by atomic mass is 16.3. The molecule has 2 heteroatoms. The van der Waals surface area contributed by atoms with Gasteiger partial charge in [-0.25, -0.2) is 0 Å². The van der Waals surface area contributed by atoms with Crippen molar-refractivity contribution < 1.29 is 5.11 Å². The summed E-state index contributed by atoms with van der Waals surface area (Å²) in [7, 11) is 0. The van der Waals surface area contributed by atoms with E-state index < -0.39 is 0 Å². The third-order valence-corrected chi connectivity index (χ3v) is 3.52. The number of unbranched alkanes of at least 4 members (excludes halogenated alkanes) is 2. The summed E-state index contributed by atoms with van der Waals surface area (Å²) in [6, 6.07) is 6.00. The lowest BCUT2D eigenvalue weighted by Gasteiger charge is -2.25. The van der Waals surface area contributed by atoms with Crippen LogP contribution in [-0.2, 0) is 0 Å². The van der Waals surface area contributed by atoms with Crippen molar-refractivity contribution in [3.05, 3.63) is 42.0 Å². The minimum atomic E-state index is 0.353. The fourth-order valence-corrected chi connectivity index (χ4v) is 2.21. The van der Waals surface area contributed by atoms with Gasteiger partial charge in [0.1, 0.15) is 5.75 Å². The van der Waals surface area contributed by atoms with Crippen molar-refractivity contribution in [2.75, 3.05) is 18.0 Å². The monoisotopic (exact) mass is 287 g/mol. The van der Waals surface area contributed by atoms with Crippen LogP contribution >= 0.6 is 0 Å². The Morgan fingerprint density at radius 1 is 1.05 bits per heavy atom. The topological polar surface area (TPSA) is 23.5 Å². The molecule has 0 aliphatic heterocycles. The summed E-state index contributed by atoms with van der Waals surface area (Å²) in [5.41, 5.74) is 1.99. The van der Waals surface area contributed by atoms with Crippen LogP contribution in [0.1, 0.15) is 52.0 Å². The number of nitrogens with zero attached hydrogens (tertiary/aromatic N) is 1. The Morgan fingerprint density at radius 3 is 2.24 bits per heavy atom. The fraction of sp³-hybridized carbons (Fsp3) is 0.474. The van der Waals surface area contributed by atoms with Gasteiger partial charge in [0.2, 0.25) is 0 Å². The zero-order valence-electron chi connectivity index (χ0n) is 13.7. The normalized spacial score (nSPS) is 11.6. The fourth-order valence-electron chi connectivity index (χ4n) is 2.21. The highest BCUT2D eigenvalue weighted by molar-refractivity contribution is 5.63. The van der Waals surface area contributed by atoms with Crippen molar-refractivity contribution in [3.63, 3.8) is 0 Å². The van der Waals surface area contributed by atoms with E-state index in [0.717, 1.165) is 24.3 Å². The minimum Gasteiger partial charge on any atom is -0.507 e. The Balaban J connectivity index is 2.86. The van der Waals surface area contributed by atoms with E-state index in [-0.39, 0.29) is 0 Å². The van der Waals surface area contributed by atoms with E-state index in [9.17, 15) is 5.11 Å². The predicted octanol–water partition coefficient (Wildman–Crippen LogP) is 5.39. The Hall–Kier alpha value is -1.70. The van der Waals surface area contributed by atoms with Crippen LogP contribution in [0.25, 0.3) is 6.08 Å². The van der Waals surface area contributed by atoms with Gasteiger partial charge >= 0.3 is 0 Å². The van der Waals surface area contributed by atoms with Crippen molar-refractivity contribution in [2.24, 2.45) is 0 Å². The Kier molecular flexibility index (Phi) is 8.34. The maximum Gasteiger partial charge on any atom is 0.124 e. The van der Waals surface area contributed by atoms with Gasteiger partial charge in [0, 0.05) is 30.4 Å². The first kappa shape index (κ1) is 17.4. The maximum atomic E-state index is 10.2. The maximum absolute atomic E-state index is 10.2. The summed E-state index contributed by atoms with van der Waals surface area (Å²) in [5, 5.41) is 10.2. The molecule has 0 aliphatic carbocycles.